The molecule has 0 saturated heterocycles. The molecule has 6 heterocycles. The van der Waals surface area contributed by atoms with E-state index in [4.69, 9.17) is 9.40 Å². The van der Waals surface area contributed by atoms with E-state index in [1.54, 1.807) is 0 Å². The van der Waals surface area contributed by atoms with E-state index in [9.17, 15) is 0 Å². The fraction of sp³-hybridized carbons (Fsp3) is 0.0641. The van der Waals surface area contributed by atoms with Gasteiger partial charge in [0.2, 0.25) is 5.89 Å². The van der Waals surface area contributed by atoms with Crippen molar-refractivity contribution in [2.24, 2.45) is 0 Å². The molecule has 0 bridgehead atoms. The lowest BCUT2D eigenvalue weighted by Gasteiger charge is -2.50. The first-order chi connectivity index (χ1) is 44.3. The van der Waals surface area contributed by atoms with Crippen molar-refractivity contribution in [2.45, 2.75) is 0 Å². The van der Waals surface area contributed by atoms with Gasteiger partial charge in [-0.05, 0) is 133 Å². The Morgan fingerprint density at radius 1 is 0.211 bits per heavy atom. The molecule has 13 aromatic rings. The third-order valence-corrected chi connectivity index (χ3v) is 18.8. The quantitative estimate of drug-likeness (QED) is 0.159. The topological polar surface area (TPSA) is 58.4 Å². The molecule has 90 heavy (non-hydrogen) atoms. The Labute approximate surface area is 522 Å². The van der Waals surface area contributed by atoms with Crippen LogP contribution in [-0.4, -0.2) is 40.2 Å². The van der Waals surface area contributed by atoms with Crippen molar-refractivity contribution < 1.29 is 4.42 Å². The van der Waals surface area contributed by atoms with Crippen molar-refractivity contribution in [1.82, 2.24) is 4.98 Å². The maximum absolute atomic E-state index is 7.66. The molecule has 0 radical (unpaired) electrons. The third-order valence-electron chi connectivity index (χ3n) is 18.8. The van der Waals surface area contributed by atoms with E-state index in [-0.39, 0.29) is 0 Å². The van der Waals surface area contributed by atoms with Crippen LogP contribution in [0.4, 0.5) is 142 Å². The molecule has 5 aliphatic rings. The summed E-state index contributed by atoms with van der Waals surface area (Å²) in [4.78, 5) is 30.2. The summed E-state index contributed by atoms with van der Waals surface area (Å²) in [5, 5.41) is 0. The summed E-state index contributed by atoms with van der Waals surface area (Å²) >= 11 is 0. The van der Waals surface area contributed by atoms with Crippen LogP contribution in [0.25, 0.3) is 22.6 Å². The average molecular weight is 1170 g/mol. The van der Waals surface area contributed by atoms with Gasteiger partial charge in [0.25, 0.3) is 0 Å². The number of fused-ring (bicyclic) bond motifs is 11. The molecule has 0 saturated carbocycles. The van der Waals surface area contributed by atoms with Crippen LogP contribution in [0.1, 0.15) is 0 Å². The van der Waals surface area contributed by atoms with Crippen LogP contribution in [0.5, 0.6) is 0 Å². The number of oxazole rings is 1. The fourth-order valence-corrected chi connectivity index (χ4v) is 14.8. The zero-order chi connectivity index (χ0) is 60.0. The van der Waals surface area contributed by atoms with E-state index >= 15 is 0 Å². The van der Waals surface area contributed by atoms with Crippen molar-refractivity contribution in [3.05, 3.63) is 267 Å². The molecule has 12 nitrogen and oxygen atoms in total. The van der Waals surface area contributed by atoms with Gasteiger partial charge in [0.1, 0.15) is 5.52 Å². The van der Waals surface area contributed by atoms with Gasteiger partial charge in [0.15, 0.2) is 5.58 Å². The molecule has 0 unspecified atom stereocenters. The number of hydrogen-bond acceptors (Lipinski definition) is 12. The third kappa shape index (κ3) is 7.15. The lowest BCUT2D eigenvalue weighted by atomic mass is 9.92. The monoisotopic (exact) mass is 1170 g/mol. The van der Waals surface area contributed by atoms with E-state index in [0.29, 0.717) is 11.5 Å². The molecule has 0 fully saturated rings. The highest BCUT2D eigenvalue weighted by Gasteiger charge is 2.48. The van der Waals surface area contributed by atoms with Crippen molar-refractivity contribution in [3.63, 3.8) is 0 Å². The summed E-state index contributed by atoms with van der Waals surface area (Å²) < 4.78 is 7.66. The maximum Gasteiger partial charge on any atom is 0.231 e. The molecule has 5 aliphatic heterocycles. The lowest BCUT2D eigenvalue weighted by molar-refractivity contribution is 0.620. The highest BCUT2D eigenvalue weighted by Crippen LogP contribution is 2.72. The summed E-state index contributed by atoms with van der Waals surface area (Å²) in [5.41, 5.74) is 26.8. The van der Waals surface area contributed by atoms with Crippen molar-refractivity contribution in [3.8, 4) is 11.5 Å². The minimum atomic E-state index is 0.448. The predicted molar refractivity (Wildman–Crippen MR) is 373 cm³/mol. The Hall–Kier alpha value is -11.9. The lowest BCUT2D eigenvalue weighted by Crippen LogP contribution is -2.33. The van der Waals surface area contributed by atoms with Crippen LogP contribution >= 0.6 is 0 Å². The van der Waals surface area contributed by atoms with Gasteiger partial charge in [0.05, 0.1) is 148 Å². The van der Waals surface area contributed by atoms with Crippen LogP contribution < -0.4 is 49.0 Å². The molecule has 0 spiro atoms. The molecule has 432 valence electrons. The molecule has 0 aliphatic carbocycles. The Morgan fingerprint density at radius 3 is 0.611 bits per heavy atom. The molecular weight excluding hydrogens is 1110 g/mol. The van der Waals surface area contributed by atoms with Crippen LogP contribution in [0, 0.1) is 0 Å². The number of aromatic nitrogens is 1. The zero-order valence-corrected chi connectivity index (χ0v) is 50.2. The van der Waals surface area contributed by atoms with Gasteiger partial charge in [-0.15, -0.1) is 0 Å². The Bertz CT molecular complexity index is 4620. The normalized spacial score (nSPS) is 14.1. The first-order valence-electron chi connectivity index (χ1n) is 30.5. The Morgan fingerprint density at radius 2 is 0.389 bits per heavy atom. The molecule has 0 N–H and O–H groups in total. The average Bonchev–Trinajstić information content (AvgIpc) is 0.711. The molecule has 12 aromatic carbocycles. The number of anilines is 25. The van der Waals surface area contributed by atoms with Gasteiger partial charge in [-0.2, -0.15) is 0 Å². The second-order valence-corrected chi connectivity index (χ2v) is 23.5. The highest BCUT2D eigenvalue weighted by molar-refractivity contribution is 6.24. The van der Waals surface area contributed by atoms with E-state index in [2.05, 4.69) is 339 Å². The first kappa shape index (κ1) is 51.3. The van der Waals surface area contributed by atoms with Gasteiger partial charge < -0.3 is 53.4 Å². The van der Waals surface area contributed by atoms with Crippen LogP contribution in [0.15, 0.2) is 271 Å². The number of hydrogen-bond donors (Lipinski definition) is 0. The SMILES string of the molecule is CN1c2ccccc2N(c2c(-c3nc4ccccc4o3)c(N3c4ccccc4N(C)c4ccccc43)c(N3c4ccccc4N(C)c4ccccc43)c(N3c4ccccc4N(C)c4ccccc43)c2N2c3ccccc3N(C)c3ccccc32)c2ccccc21. The number of rotatable bonds is 6. The molecule has 0 amide bonds. The minimum absolute atomic E-state index is 0.448. The molecule has 0 atom stereocenters. The molecular formula is C78H59N11O. The summed E-state index contributed by atoms with van der Waals surface area (Å²) in [5.74, 6) is 0.448. The molecule has 12 heteroatoms. The van der Waals surface area contributed by atoms with E-state index in [1.165, 1.54) is 0 Å². The van der Waals surface area contributed by atoms with Crippen LogP contribution in [0.3, 0.4) is 0 Å². The second-order valence-electron chi connectivity index (χ2n) is 23.5. The van der Waals surface area contributed by atoms with Crippen LogP contribution in [-0.2, 0) is 0 Å². The smallest absolute Gasteiger partial charge is 0.231 e. The first-order valence-corrected chi connectivity index (χ1v) is 30.5. The minimum Gasteiger partial charge on any atom is -0.436 e. The summed E-state index contributed by atoms with van der Waals surface area (Å²) in [6.45, 7) is 0. The summed E-state index contributed by atoms with van der Waals surface area (Å²) in [6, 6.07) is 96.8. The predicted octanol–water partition coefficient (Wildman–Crippen LogP) is 21.3. The van der Waals surface area contributed by atoms with Gasteiger partial charge in [0, 0.05) is 35.2 Å². The van der Waals surface area contributed by atoms with Gasteiger partial charge in [-0.3, -0.25) is 0 Å². The maximum atomic E-state index is 7.66. The van der Waals surface area contributed by atoms with Crippen LogP contribution in [0.2, 0.25) is 0 Å². The zero-order valence-electron chi connectivity index (χ0n) is 50.2. The number of benzene rings is 12. The van der Waals surface area contributed by atoms with E-state index in [1.807, 2.05) is 12.1 Å². The number of nitrogens with zero attached hydrogens (tertiary/aromatic N) is 11. The second kappa shape index (κ2) is 19.6. The summed E-state index contributed by atoms with van der Waals surface area (Å²) in [7, 11) is 10.9. The largest absolute Gasteiger partial charge is 0.436 e. The number of para-hydroxylation sites is 22. The van der Waals surface area contributed by atoms with Gasteiger partial charge >= 0.3 is 0 Å². The van der Waals surface area contributed by atoms with Crippen molar-refractivity contribution in [2.75, 3.05) is 84.2 Å². The highest BCUT2D eigenvalue weighted by atomic mass is 16.3. The standard InChI is InChI=1S/C78H59N11O/c1-80-51-29-7-17-39-61(51)85(62-40-18-8-30-52(62)80)73-72(78-79-50-28-6-27-49-71(50)90-78)74(86-63-41-19-9-31-53(63)81(2)54-32-10-20-42-64(54)86)76(88-67-45-23-13-35-57(67)83(4)58-36-14-24-46-68(58)88)77(89-69-47-25-15-37-59(69)84(5)60-38-16-26-48-70(60)89)75(73)87-65-43-21-11-33-55(65)82(3)56-34-12-22-44-66(56)87/h6-49H,1-5H3. The summed E-state index contributed by atoms with van der Waals surface area (Å²) in [6.07, 6.45) is 0. The van der Waals surface area contributed by atoms with E-state index in [0.717, 1.165) is 153 Å². The molecule has 18 rings (SSSR count). The Balaban J connectivity index is 1.19. The van der Waals surface area contributed by atoms with E-state index < -0.39 is 0 Å². The van der Waals surface area contributed by atoms with Crippen molar-refractivity contribution in [1.29, 1.82) is 0 Å². The van der Waals surface area contributed by atoms with Gasteiger partial charge in [-0.25, -0.2) is 4.98 Å². The van der Waals surface area contributed by atoms with Crippen molar-refractivity contribution >= 4 is 153 Å². The van der Waals surface area contributed by atoms with Gasteiger partial charge in [-0.1, -0.05) is 133 Å². The Kier molecular flexibility index (Phi) is 11.2. The fourth-order valence-electron chi connectivity index (χ4n) is 14.8. The molecule has 1 aromatic heterocycles.